The number of piperidine rings is 1. The molecule has 0 radical (unpaired) electrons. The number of carbonyl (C=O) groups is 2. The second kappa shape index (κ2) is 11.4. The van der Waals surface area contributed by atoms with Gasteiger partial charge in [0.1, 0.15) is 5.02 Å². The SMILES string of the molecule is O=C(C=CC(=O)N1CCC(c2nc(-c3ccc(Cl)c([N+](=O)[O-])c3)cs2)CC1)Nc1cccc2c1CCCC2. The predicted octanol–water partition coefficient (Wildman–Crippen LogP) is 6.15. The minimum atomic E-state index is -0.501. The Balaban J connectivity index is 1.15. The zero-order valence-corrected chi connectivity index (χ0v) is 22.3. The van der Waals surface area contributed by atoms with Gasteiger partial charge >= 0.3 is 0 Å². The van der Waals surface area contributed by atoms with Gasteiger partial charge in [0.25, 0.3) is 5.69 Å². The van der Waals surface area contributed by atoms with Crippen molar-refractivity contribution < 1.29 is 14.5 Å². The molecule has 38 heavy (non-hydrogen) atoms. The molecule has 0 unspecified atom stereocenters. The Hall–Kier alpha value is -3.56. The van der Waals surface area contributed by atoms with Crippen molar-refractivity contribution in [1.29, 1.82) is 0 Å². The van der Waals surface area contributed by atoms with E-state index in [-0.39, 0.29) is 28.4 Å². The summed E-state index contributed by atoms with van der Waals surface area (Å²) in [5.41, 5.74) is 4.51. The normalized spacial score (nSPS) is 15.9. The number of nitro benzene ring substituents is 1. The summed E-state index contributed by atoms with van der Waals surface area (Å²) in [6, 6.07) is 10.7. The Bertz CT molecular complexity index is 1410. The van der Waals surface area contributed by atoms with Crippen molar-refractivity contribution in [2.24, 2.45) is 0 Å². The Labute approximate surface area is 229 Å². The van der Waals surface area contributed by atoms with Crippen LogP contribution >= 0.6 is 22.9 Å². The molecule has 0 atom stereocenters. The van der Waals surface area contributed by atoms with Crippen molar-refractivity contribution in [2.75, 3.05) is 18.4 Å². The van der Waals surface area contributed by atoms with Crippen LogP contribution in [0.4, 0.5) is 11.4 Å². The Morgan fingerprint density at radius 2 is 1.92 bits per heavy atom. The Morgan fingerprint density at radius 3 is 2.71 bits per heavy atom. The number of hydrogen-bond acceptors (Lipinski definition) is 6. The van der Waals surface area contributed by atoms with Gasteiger partial charge in [-0.15, -0.1) is 11.3 Å². The molecule has 1 aliphatic heterocycles. The summed E-state index contributed by atoms with van der Waals surface area (Å²) in [7, 11) is 0. The van der Waals surface area contributed by atoms with E-state index in [2.05, 4.69) is 11.4 Å². The number of halogens is 1. The molecule has 5 rings (SSSR count). The second-order valence-electron chi connectivity index (χ2n) is 9.57. The van der Waals surface area contributed by atoms with Crippen molar-refractivity contribution in [3.63, 3.8) is 0 Å². The van der Waals surface area contributed by atoms with Gasteiger partial charge in [0.2, 0.25) is 11.8 Å². The number of aromatic nitrogens is 1. The third-order valence-corrected chi connectivity index (χ3v) is 8.47. The third-order valence-electron chi connectivity index (χ3n) is 7.15. The summed E-state index contributed by atoms with van der Waals surface area (Å²) in [5, 5.41) is 17.1. The average Bonchev–Trinajstić information content (AvgIpc) is 3.42. The first kappa shape index (κ1) is 26.1. The van der Waals surface area contributed by atoms with Gasteiger partial charge < -0.3 is 10.2 Å². The second-order valence-corrected chi connectivity index (χ2v) is 10.9. The summed E-state index contributed by atoms with van der Waals surface area (Å²) < 4.78 is 0. The van der Waals surface area contributed by atoms with Gasteiger partial charge in [0.15, 0.2) is 0 Å². The van der Waals surface area contributed by atoms with Gasteiger partial charge in [0, 0.05) is 53.9 Å². The highest BCUT2D eigenvalue weighted by Crippen LogP contribution is 2.35. The lowest BCUT2D eigenvalue weighted by molar-refractivity contribution is -0.384. The number of nitrogens with zero attached hydrogens (tertiary/aromatic N) is 3. The molecule has 1 saturated heterocycles. The fourth-order valence-electron chi connectivity index (χ4n) is 5.09. The number of aryl methyl sites for hydroxylation is 1. The lowest BCUT2D eigenvalue weighted by Crippen LogP contribution is -2.37. The summed E-state index contributed by atoms with van der Waals surface area (Å²) in [6.07, 6.45) is 8.47. The van der Waals surface area contributed by atoms with Crippen LogP contribution in [0, 0.1) is 10.1 Å². The number of fused-ring (bicyclic) bond motifs is 1. The molecule has 2 amide bonds. The van der Waals surface area contributed by atoms with Crippen molar-refractivity contribution in [1.82, 2.24) is 9.88 Å². The smallest absolute Gasteiger partial charge is 0.288 e. The van der Waals surface area contributed by atoms with Crippen LogP contribution in [0.1, 0.15) is 47.7 Å². The van der Waals surface area contributed by atoms with E-state index in [9.17, 15) is 19.7 Å². The summed E-state index contributed by atoms with van der Waals surface area (Å²) in [4.78, 5) is 42.4. The van der Waals surface area contributed by atoms with Gasteiger partial charge in [-0.25, -0.2) is 4.98 Å². The average molecular weight is 551 g/mol. The highest BCUT2D eigenvalue weighted by atomic mass is 35.5. The maximum absolute atomic E-state index is 12.7. The number of likely N-dealkylation sites (tertiary alicyclic amines) is 1. The summed E-state index contributed by atoms with van der Waals surface area (Å²) in [5.74, 6) is -0.274. The van der Waals surface area contributed by atoms with Crippen LogP contribution in [0.2, 0.25) is 5.02 Å². The topological polar surface area (TPSA) is 105 Å². The first-order valence-electron chi connectivity index (χ1n) is 12.7. The number of anilines is 1. The molecule has 2 aliphatic rings. The van der Waals surface area contributed by atoms with Crippen molar-refractivity contribution in [2.45, 2.75) is 44.4 Å². The third kappa shape index (κ3) is 5.79. The highest BCUT2D eigenvalue weighted by molar-refractivity contribution is 7.10. The van der Waals surface area contributed by atoms with Gasteiger partial charge in [-0.2, -0.15) is 0 Å². The first-order valence-corrected chi connectivity index (χ1v) is 13.9. The van der Waals surface area contributed by atoms with Crippen LogP contribution in [-0.4, -0.2) is 39.7 Å². The molecule has 2 aromatic carbocycles. The van der Waals surface area contributed by atoms with E-state index < -0.39 is 4.92 Å². The van der Waals surface area contributed by atoms with E-state index >= 15 is 0 Å². The van der Waals surface area contributed by atoms with Crippen LogP contribution in [0.15, 0.2) is 53.9 Å². The summed E-state index contributed by atoms with van der Waals surface area (Å²) >= 11 is 7.45. The molecule has 10 heteroatoms. The van der Waals surface area contributed by atoms with E-state index in [1.807, 2.05) is 17.5 Å². The van der Waals surface area contributed by atoms with Crippen molar-refractivity contribution in [3.05, 3.63) is 85.2 Å². The monoisotopic (exact) mass is 550 g/mol. The number of rotatable bonds is 6. The quantitative estimate of drug-likeness (QED) is 0.225. The molecule has 1 aromatic heterocycles. The number of amides is 2. The lowest BCUT2D eigenvalue weighted by atomic mass is 9.90. The molecular weight excluding hydrogens is 524 g/mol. The molecule has 196 valence electrons. The standard InChI is InChI=1S/C28H27ClN4O4S/c29-22-9-8-20(16-25(22)33(36)37)24-17-38-28(31-24)19-12-14-32(15-13-19)27(35)11-10-26(34)30-23-7-3-5-18-4-1-2-6-21(18)23/h3,5,7-11,16-17,19H,1-2,4,6,12-15H2,(H,30,34). The molecule has 8 nitrogen and oxygen atoms in total. The van der Waals surface area contributed by atoms with Crippen molar-refractivity contribution >= 4 is 46.1 Å². The number of carbonyl (C=O) groups excluding carboxylic acids is 2. The largest absolute Gasteiger partial charge is 0.339 e. The minimum Gasteiger partial charge on any atom is -0.339 e. The fraction of sp³-hybridized carbons (Fsp3) is 0.321. The molecule has 1 fully saturated rings. The molecule has 0 spiro atoms. The highest BCUT2D eigenvalue weighted by Gasteiger charge is 2.25. The molecule has 0 bridgehead atoms. The van der Waals surface area contributed by atoms with Crippen LogP contribution < -0.4 is 5.32 Å². The van der Waals surface area contributed by atoms with E-state index in [0.717, 1.165) is 42.8 Å². The molecule has 1 N–H and O–H groups in total. The zero-order chi connectivity index (χ0) is 26.6. The maximum Gasteiger partial charge on any atom is 0.288 e. The minimum absolute atomic E-state index is 0.0942. The molecular formula is C28H27ClN4O4S. The fourth-order valence-corrected chi connectivity index (χ4v) is 6.28. The number of hydrogen-bond donors (Lipinski definition) is 1. The van der Waals surface area contributed by atoms with E-state index in [4.69, 9.17) is 16.6 Å². The van der Waals surface area contributed by atoms with Crippen LogP contribution in [0.5, 0.6) is 0 Å². The van der Waals surface area contributed by atoms with Gasteiger partial charge in [-0.05, 0) is 61.8 Å². The number of nitrogens with one attached hydrogen (secondary N) is 1. The Morgan fingerprint density at radius 1 is 1.13 bits per heavy atom. The molecule has 3 aromatic rings. The predicted molar refractivity (Wildman–Crippen MR) is 149 cm³/mol. The molecule has 1 aliphatic carbocycles. The molecule has 0 saturated carbocycles. The van der Waals surface area contributed by atoms with Gasteiger partial charge in [-0.1, -0.05) is 29.8 Å². The first-order chi connectivity index (χ1) is 18.4. The Kier molecular flexibility index (Phi) is 7.85. The van der Waals surface area contributed by atoms with E-state index in [1.54, 1.807) is 11.0 Å². The number of nitro groups is 1. The van der Waals surface area contributed by atoms with Gasteiger partial charge in [-0.3, -0.25) is 19.7 Å². The zero-order valence-electron chi connectivity index (χ0n) is 20.7. The lowest BCUT2D eigenvalue weighted by Gasteiger charge is -2.30. The van der Waals surface area contributed by atoms with Crippen LogP contribution in [0.3, 0.4) is 0 Å². The van der Waals surface area contributed by atoms with Crippen LogP contribution in [-0.2, 0) is 22.4 Å². The molecule has 2 heterocycles. The van der Waals surface area contributed by atoms with Crippen molar-refractivity contribution in [3.8, 4) is 11.3 Å². The maximum atomic E-state index is 12.7. The number of benzene rings is 2. The van der Waals surface area contributed by atoms with Crippen LogP contribution in [0.25, 0.3) is 11.3 Å². The van der Waals surface area contributed by atoms with Gasteiger partial charge in [0.05, 0.1) is 15.6 Å². The summed E-state index contributed by atoms with van der Waals surface area (Å²) in [6.45, 7) is 1.14. The van der Waals surface area contributed by atoms with E-state index in [1.165, 1.54) is 53.2 Å². The van der Waals surface area contributed by atoms with E-state index in [0.29, 0.717) is 24.3 Å². The number of thiazole rings is 1.